The van der Waals surface area contributed by atoms with Gasteiger partial charge in [0, 0.05) is 12.6 Å². The molecule has 1 aromatic carbocycles. The first kappa shape index (κ1) is 14.5. The summed E-state index contributed by atoms with van der Waals surface area (Å²) in [5, 5.41) is 10.3. The highest BCUT2D eigenvalue weighted by Gasteiger charge is 2.24. The highest BCUT2D eigenvalue weighted by atomic mass is 16.3. The summed E-state index contributed by atoms with van der Waals surface area (Å²) < 4.78 is 0. The Bertz CT molecular complexity index is 400. The van der Waals surface area contributed by atoms with Crippen molar-refractivity contribution in [1.29, 1.82) is 0 Å². The SMILES string of the molecule is CN(CC(O)c1ccc(C(C)(C)C)cc1)C1CCC1. The number of aliphatic hydroxyl groups is 1. The lowest BCUT2D eigenvalue weighted by Crippen LogP contribution is -2.39. The van der Waals surface area contributed by atoms with Gasteiger partial charge >= 0.3 is 0 Å². The van der Waals surface area contributed by atoms with Crippen molar-refractivity contribution in [3.8, 4) is 0 Å². The van der Waals surface area contributed by atoms with E-state index in [4.69, 9.17) is 0 Å². The van der Waals surface area contributed by atoms with E-state index in [1.807, 2.05) is 0 Å². The zero-order valence-corrected chi connectivity index (χ0v) is 12.7. The minimum Gasteiger partial charge on any atom is -0.387 e. The van der Waals surface area contributed by atoms with Crippen LogP contribution in [-0.2, 0) is 5.41 Å². The van der Waals surface area contributed by atoms with E-state index < -0.39 is 0 Å². The number of nitrogens with zero attached hydrogens (tertiary/aromatic N) is 1. The molecule has 1 aliphatic carbocycles. The molecule has 1 aliphatic rings. The van der Waals surface area contributed by atoms with Crippen molar-refractivity contribution < 1.29 is 5.11 Å². The summed E-state index contributed by atoms with van der Waals surface area (Å²) in [5.74, 6) is 0. The van der Waals surface area contributed by atoms with Crippen molar-refractivity contribution in [1.82, 2.24) is 4.90 Å². The first-order chi connectivity index (χ1) is 8.88. The van der Waals surface area contributed by atoms with Gasteiger partial charge in [0.1, 0.15) is 0 Å². The van der Waals surface area contributed by atoms with Gasteiger partial charge in [0.15, 0.2) is 0 Å². The lowest BCUT2D eigenvalue weighted by atomic mass is 9.86. The van der Waals surface area contributed by atoms with Crippen LogP contribution in [0.1, 0.15) is 57.3 Å². The van der Waals surface area contributed by atoms with Crippen LogP contribution in [0.5, 0.6) is 0 Å². The molecule has 0 spiro atoms. The van der Waals surface area contributed by atoms with E-state index in [1.54, 1.807) is 0 Å². The lowest BCUT2D eigenvalue weighted by Gasteiger charge is -2.35. The molecule has 1 fully saturated rings. The topological polar surface area (TPSA) is 23.5 Å². The van der Waals surface area contributed by atoms with Gasteiger partial charge in [-0.2, -0.15) is 0 Å². The Morgan fingerprint density at radius 2 is 1.79 bits per heavy atom. The molecule has 0 heterocycles. The Hall–Kier alpha value is -0.860. The van der Waals surface area contributed by atoms with Crippen LogP contribution in [0.3, 0.4) is 0 Å². The van der Waals surface area contributed by atoms with E-state index in [9.17, 15) is 5.11 Å². The van der Waals surface area contributed by atoms with Crippen LogP contribution >= 0.6 is 0 Å². The monoisotopic (exact) mass is 261 g/mol. The largest absolute Gasteiger partial charge is 0.387 e. The number of hydrogen-bond acceptors (Lipinski definition) is 2. The molecule has 0 aliphatic heterocycles. The van der Waals surface area contributed by atoms with Crippen LogP contribution in [-0.4, -0.2) is 29.6 Å². The van der Waals surface area contributed by atoms with Gasteiger partial charge in [-0.25, -0.2) is 0 Å². The Kier molecular flexibility index (Phi) is 4.32. The third kappa shape index (κ3) is 3.58. The van der Waals surface area contributed by atoms with E-state index in [1.165, 1.54) is 24.8 Å². The van der Waals surface area contributed by atoms with Gasteiger partial charge in [-0.1, -0.05) is 51.5 Å². The van der Waals surface area contributed by atoms with Gasteiger partial charge in [-0.15, -0.1) is 0 Å². The minimum absolute atomic E-state index is 0.173. The standard InChI is InChI=1S/C17H27NO/c1-17(2,3)14-10-8-13(9-11-14)16(19)12-18(4)15-6-5-7-15/h8-11,15-16,19H,5-7,12H2,1-4H3. The summed E-state index contributed by atoms with van der Waals surface area (Å²) in [6, 6.07) is 9.10. The van der Waals surface area contributed by atoms with Gasteiger partial charge in [0.05, 0.1) is 6.10 Å². The molecule has 2 rings (SSSR count). The lowest BCUT2D eigenvalue weighted by molar-refractivity contribution is 0.0776. The maximum atomic E-state index is 10.3. The Balaban J connectivity index is 1.97. The summed E-state index contributed by atoms with van der Waals surface area (Å²) in [6.45, 7) is 7.37. The van der Waals surface area contributed by atoms with Crippen LogP contribution in [0.25, 0.3) is 0 Å². The molecule has 19 heavy (non-hydrogen) atoms. The van der Waals surface area contributed by atoms with E-state index in [-0.39, 0.29) is 11.5 Å². The smallest absolute Gasteiger partial charge is 0.0916 e. The van der Waals surface area contributed by atoms with E-state index >= 15 is 0 Å². The Morgan fingerprint density at radius 3 is 2.21 bits per heavy atom. The fraction of sp³-hybridized carbons (Fsp3) is 0.647. The maximum absolute atomic E-state index is 10.3. The van der Waals surface area contributed by atoms with Gasteiger partial charge in [0.2, 0.25) is 0 Å². The second-order valence-electron chi connectivity index (χ2n) is 6.91. The van der Waals surface area contributed by atoms with Crippen LogP contribution in [0.2, 0.25) is 0 Å². The molecule has 1 saturated carbocycles. The van der Waals surface area contributed by atoms with Crippen LogP contribution in [0.15, 0.2) is 24.3 Å². The molecule has 2 nitrogen and oxygen atoms in total. The van der Waals surface area contributed by atoms with Crippen molar-refractivity contribution >= 4 is 0 Å². The number of likely N-dealkylation sites (N-methyl/N-ethyl adjacent to an activating group) is 1. The maximum Gasteiger partial charge on any atom is 0.0916 e. The van der Waals surface area contributed by atoms with Crippen LogP contribution < -0.4 is 0 Å². The van der Waals surface area contributed by atoms with Crippen molar-refractivity contribution in [3.63, 3.8) is 0 Å². The molecule has 0 amide bonds. The first-order valence-corrected chi connectivity index (χ1v) is 7.36. The summed E-state index contributed by atoms with van der Waals surface area (Å²) in [5.41, 5.74) is 2.52. The average molecular weight is 261 g/mol. The number of benzene rings is 1. The molecule has 1 N–H and O–H groups in total. The van der Waals surface area contributed by atoms with Gasteiger partial charge in [0.25, 0.3) is 0 Å². The van der Waals surface area contributed by atoms with Crippen LogP contribution in [0, 0.1) is 0 Å². The number of rotatable bonds is 4. The fourth-order valence-corrected chi connectivity index (χ4v) is 2.56. The fourth-order valence-electron chi connectivity index (χ4n) is 2.56. The van der Waals surface area contributed by atoms with Gasteiger partial charge < -0.3 is 10.0 Å². The van der Waals surface area contributed by atoms with Crippen LogP contribution in [0.4, 0.5) is 0 Å². The quantitative estimate of drug-likeness (QED) is 0.896. The summed E-state index contributed by atoms with van der Waals surface area (Å²) in [6.07, 6.45) is 3.53. The van der Waals surface area contributed by atoms with Crippen molar-refractivity contribution in [2.45, 2.75) is 57.6 Å². The highest BCUT2D eigenvalue weighted by Crippen LogP contribution is 2.27. The van der Waals surface area contributed by atoms with Gasteiger partial charge in [-0.05, 0) is 36.4 Å². The molecule has 106 valence electrons. The normalized spacial score (nSPS) is 18.4. The molecule has 0 saturated heterocycles. The van der Waals surface area contributed by atoms with Gasteiger partial charge in [-0.3, -0.25) is 0 Å². The Morgan fingerprint density at radius 1 is 1.21 bits per heavy atom. The molecular weight excluding hydrogens is 234 g/mol. The average Bonchev–Trinajstić information content (AvgIpc) is 2.25. The minimum atomic E-state index is -0.375. The third-order valence-corrected chi connectivity index (χ3v) is 4.32. The molecule has 1 unspecified atom stereocenters. The summed E-state index contributed by atoms with van der Waals surface area (Å²) >= 11 is 0. The highest BCUT2D eigenvalue weighted by molar-refractivity contribution is 5.28. The van der Waals surface area contributed by atoms with E-state index in [0.717, 1.165) is 12.1 Å². The first-order valence-electron chi connectivity index (χ1n) is 7.36. The van der Waals surface area contributed by atoms with Crippen molar-refractivity contribution in [2.24, 2.45) is 0 Å². The second-order valence-corrected chi connectivity index (χ2v) is 6.91. The predicted octanol–water partition coefficient (Wildman–Crippen LogP) is 3.50. The third-order valence-electron chi connectivity index (χ3n) is 4.32. The Labute approximate surface area is 117 Å². The van der Waals surface area contributed by atoms with E-state index in [2.05, 4.69) is 57.0 Å². The molecule has 0 radical (unpaired) electrons. The molecule has 1 aromatic rings. The summed E-state index contributed by atoms with van der Waals surface area (Å²) in [4.78, 5) is 2.30. The second kappa shape index (κ2) is 5.64. The van der Waals surface area contributed by atoms with E-state index in [0.29, 0.717) is 6.04 Å². The predicted molar refractivity (Wildman–Crippen MR) is 80.4 cm³/mol. The van der Waals surface area contributed by atoms with Crippen molar-refractivity contribution in [2.75, 3.05) is 13.6 Å². The molecule has 2 heteroatoms. The number of hydrogen-bond donors (Lipinski definition) is 1. The zero-order chi connectivity index (χ0) is 14.0. The zero-order valence-electron chi connectivity index (χ0n) is 12.7. The molecular formula is C17H27NO. The summed E-state index contributed by atoms with van der Waals surface area (Å²) in [7, 11) is 2.12. The molecule has 0 aromatic heterocycles. The number of aliphatic hydroxyl groups excluding tert-OH is 1. The van der Waals surface area contributed by atoms with Crippen molar-refractivity contribution in [3.05, 3.63) is 35.4 Å². The molecule has 1 atom stereocenters. The molecule has 0 bridgehead atoms.